The number of amides is 1. The van der Waals surface area contributed by atoms with Crippen molar-refractivity contribution in [3.05, 3.63) is 28.0 Å². The van der Waals surface area contributed by atoms with Gasteiger partial charge < -0.3 is 5.73 Å². The van der Waals surface area contributed by atoms with Crippen LogP contribution >= 0.6 is 23.2 Å². The molecule has 0 saturated carbocycles. The number of nitrogens with two attached hydrogens (primary N) is 1. The fourth-order valence-electron chi connectivity index (χ4n) is 0.897. The van der Waals surface area contributed by atoms with Crippen LogP contribution in [0, 0.1) is 11.3 Å². The number of nitrogens with zero attached hydrogens (tertiary/aromatic N) is 2. The van der Waals surface area contributed by atoms with Crippen molar-refractivity contribution in [2.45, 2.75) is 5.92 Å². The van der Waals surface area contributed by atoms with Crippen LogP contribution in [-0.4, -0.2) is 10.9 Å². The van der Waals surface area contributed by atoms with Crippen molar-refractivity contribution in [3.63, 3.8) is 0 Å². The average molecular weight is 230 g/mol. The van der Waals surface area contributed by atoms with E-state index in [4.69, 9.17) is 34.2 Å². The Morgan fingerprint density at radius 3 is 2.71 bits per heavy atom. The molecule has 1 aromatic heterocycles. The van der Waals surface area contributed by atoms with Crippen molar-refractivity contribution in [1.82, 2.24) is 4.98 Å². The topological polar surface area (TPSA) is 79.8 Å². The zero-order valence-electron chi connectivity index (χ0n) is 6.87. The molecule has 1 rings (SSSR count). The Hall–Kier alpha value is -1.31. The minimum Gasteiger partial charge on any atom is -0.368 e. The van der Waals surface area contributed by atoms with Crippen LogP contribution < -0.4 is 5.73 Å². The SMILES string of the molecule is N#CC(C(N)=O)c1ncc(Cl)cc1Cl. The molecule has 2 N–H and O–H groups in total. The number of carbonyl (C=O) groups excluding carboxylic acids is 1. The van der Waals surface area contributed by atoms with Crippen molar-refractivity contribution in [2.24, 2.45) is 5.73 Å². The van der Waals surface area contributed by atoms with Gasteiger partial charge in [-0.1, -0.05) is 23.2 Å². The van der Waals surface area contributed by atoms with E-state index in [0.29, 0.717) is 5.02 Å². The predicted octanol–water partition coefficient (Wildman–Crippen LogP) is 1.48. The third-order valence-corrected chi connectivity index (χ3v) is 2.03. The maximum atomic E-state index is 10.8. The lowest BCUT2D eigenvalue weighted by atomic mass is 10.1. The van der Waals surface area contributed by atoms with Crippen LogP contribution in [0.15, 0.2) is 12.3 Å². The normalized spacial score (nSPS) is 11.8. The summed E-state index contributed by atoms with van der Waals surface area (Å²) in [5, 5.41) is 9.15. The summed E-state index contributed by atoms with van der Waals surface area (Å²) in [7, 11) is 0. The Morgan fingerprint density at radius 2 is 2.29 bits per heavy atom. The smallest absolute Gasteiger partial charge is 0.241 e. The van der Waals surface area contributed by atoms with E-state index in [9.17, 15) is 4.79 Å². The molecule has 1 amide bonds. The minimum atomic E-state index is -1.14. The molecule has 0 bridgehead atoms. The third-order valence-electron chi connectivity index (χ3n) is 1.52. The molecular formula is C8H5Cl2N3O. The molecule has 0 aliphatic carbocycles. The highest BCUT2D eigenvalue weighted by molar-refractivity contribution is 6.35. The largest absolute Gasteiger partial charge is 0.368 e. The van der Waals surface area contributed by atoms with Gasteiger partial charge in [-0.3, -0.25) is 9.78 Å². The van der Waals surface area contributed by atoms with E-state index in [0.717, 1.165) is 0 Å². The number of halogens is 2. The Bertz CT molecular complexity index is 414. The maximum absolute atomic E-state index is 10.8. The monoisotopic (exact) mass is 229 g/mol. The summed E-state index contributed by atoms with van der Waals surface area (Å²) in [6, 6.07) is 3.12. The van der Waals surface area contributed by atoms with Gasteiger partial charge in [0.15, 0.2) is 5.92 Å². The van der Waals surface area contributed by atoms with Crippen molar-refractivity contribution in [3.8, 4) is 6.07 Å². The third kappa shape index (κ3) is 2.13. The number of rotatable bonds is 2. The molecule has 72 valence electrons. The van der Waals surface area contributed by atoms with Crippen LogP contribution in [0.3, 0.4) is 0 Å². The summed E-state index contributed by atoms with van der Waals surface area (Å²) in [6.07, 6.45) is 1.30. The quantitative estimate of drug-likeness (QED) is 0.835. The van der Waals surface area contributed by atoms with Gasteiger partial charge in [0.2, 0.25) is 5.91 Å². The van der Waals surface area contributed by atoms with Crippen LogP contribution in [0.1, 0.15) is 11.6 Å². The summed E-state index contributed by atoms with van der Waals surface area (Å²) >= 11 is 11.3. The fraction of sp³-hybridized carbons (Fsp3) is 0.125. The molecule has 14 heavy (non-hydrogen) atoms. The van der Waals surface area contributed by atoms with Crippen LogP contribution in [0.4, 0.5) is 0 Å². The van der Waals surface area contributed by atoms with E-state index in [1.807, 2.05) is 0 Å². The summed E-state index contributed by atoms with van der Waals surface area (Å²) in [5.74, 6) is -1.93. The van der Waals surface area contributed by atoms with Crippen molar-refractivity contribution >= 4 is 29.1 Å². The van der Waals surface area contributed by atoms with E-state index < -0.39 is 11.8 Å². The second-order valence-electron chi connectivity index (χ2n) is 2.49. The molecule has 1 heterocycles. The molecule has 0 spiro atoms. The molecule has 0 aliphatic rings. The molecule has 6 heteroatoms. The van der Waals surface area contributed by atoms with Crippen LogP contribution in [-0.2, 0) is 4.79 Å². The summed E-state index contributed by atoms with van der Waals surface area (Å²) in [4.78, 5) is 14.6. The highest BCUT2D eigenvalue weighted by atomic mass is 35.5. The number of hydrogen-bond acceptors (Lipinski definition) is 3. The number of pyridine rings is 1. The Labute approximate surface area is 90.2 Å². The van der Waals surface area contributed by atoms with Crippen molar-refractivity contribution < 1.29 is 4.79 Å². The lowest BCUT2D eigenvalue weighted by Gasteiger charge is -2.05. The molecule has 1 atom stereocenters. The fourth-order valence-corrected chi connectivity index (χ4v) is 1.39. The molecule has 0 aromatic carbocycles. The molecule has 1 aromatic rings. The van der Waals surface area contributed by atoms with Gasteiger partial charge in [0, 0.05) is 6.20 Å². The van der Waals surface area contributed by atoms with Crippen molar-refractivity contribution in [2.75, 3.05) is 0 Å². The van der Waals surface area contributed by atoms with Gasteiger partial charge >= 0.3 is 0 Å². The number of hydrogen-bond donors (Lipinski definition) is 1. The molecule has 0 saturated heterocycles. The molecule has 0 aliphatic heterocycles. The lowest BCUT2D eigenvalue weighted by molar-refractivity contribution is -0.118. The van der Waals surface area contributed by atoms with Crippen LogP contribution in [0.2, 0.25) is 10.0 Å². The van der Waals surface area contributed by atoms with Crippen LogP contribution in [0.5, 0.6) is 0 Å². The highest BCUT2D eigenvalue weighted by Crippen LogP contribution is 2.24. The standard InChI is InChI=1S/C8H5Cl2N3O/c9-4-1-6(10)7(13-3-4)5(2-11)8(12)14/h1,3,5H,(H2,12,14). The van der Waals surface area contributed by atoms with Gasteiger partial charge in [-0.2, -0.15) is 5.26 Å². The van der Waals surface area contributed by atoms with Crippen LogP contribution in [0.25, 0.3) is 0 Å². The Kier molecular flexibility index (Phi) is 3.28. The molecule has 0 radical (unpaired) electrons. The summed E-state index contributed by atoms with van der Waals surface area (Å²) in [6.45, 7) is 0. The van der Waals surface area contributed by atoms with Gasteiger partial charge in [0.05, 0.1) is 21.8 Å². The molecule has 0 fully saturated rings. The van der Waals surface area contributed by atoms with Gasteiger partial charge in [0.1, 0.15) is 0 Å². The summed E-state index contributed by atoms with van der Waals surface area (Å²) in [5.41, 5.74) is 5.12. The van der Waals surface area contributed by atoms with Crippen molar-refractivity contribution in [1.29, 1.82) is 5.26 Å². The zero-order chi connectivity index (χ0) is 10.7. The van der Waals surface area contributed by atoms with Gasteiger partial charge in [-0.05, 0) is 6.07 Å². The highest BCUT2D eigenvalue weighted by Gasteiger charge is 2.21. The Morgan fingerprint density at radius 1 is 1.64 bits per heavy atom. The van der Waals surface area contributed by atoms with Gasteiger partial charge in [-0.15, -0.1) is 0 Å². The number of primary amides is 1. The number of carbonyl (C=O) groups is 1. The minimum absolute atomic E-state index is 0.131. The molecule has 1 unspecified atom stereocenters. The van der Waals surface area contributed by atoms with Gasteiger partial charge in [-0.25, -0.2) is 0 Å². The lowest BCUT2D eigenvalue weighted by Crippen LogP contribution is -2.21. The average Bonchev–Trinajstić information content (AvgIpc) is 2.09. The molecular weight excluding hydrogens is 225 g/mol. The van der Waals surface area contributed by atoms with E-state index in [1.165, 1.54) is 12.3 Å². The second kappa shape index (κ2) is 4.27. The number of aromatic nitrogens is 1. The number of nitriles is 1. The van der Waals surface area contributed by atoms with Gasteiger partial charge in [0.25, 0.3) is 0 Å². The zero-order valence-corrected chi connectivity index (χ0v) is 8.38. The first-order valence-corrected chi connectivity index (χ1v) is 4.31. The Balaban J connectivity index is 3.19. The van der Waals surface area contributed by atoms with E-state index in [1.54, 1.807) is 6.07 Å². The first kappa shape index (κ1) is 10.8. The van der Waals surface area contributed by atoms with E-state index in [2.05, 4.69) is 4.98 Å². The van der Waals surface area contributed by atoms with E-state index >= 15 is 0 Å². The maximum Gasteiger partial charge on any atom is 0.241 e. The first-order chi connectivity index (χ1) is 6.56. The van der Waals surface area contributed by atoms with E-state index in [-0.39, 0.29) is 10.7 Å². The predicted molar refractivity (Wildman–Crippen MR) is 51.8 cm³/mol. The first-order valence-electron chi connectivity index (χ1n) is 3.56. The summed E-state index contributed by atoms with van der Waals surface area (Å²) < 4.78 is 0. The molecule has 4 nitrogen and oxygen atoms in total. The second-order valence-corrected chi connectivity index (χ2v) is 3.33.